The van der Waals surface area contributed by atoms with E-state index >= 15 is 0 Å². The molecule has 92 valence electrons. The number of halogens is 1. The third-order valence-corrected chi connectivity index (χ3v) is 2.21. The third-order valence-electron chi connectivity index (χ3n) is 2.21. The summed E-state index contributed by atoms with van der Waals surface area (Å²) in [6.07, 6.45) is 0.988. The molecule has 0 saturated carbocycles. The van der Waals surface area contributed by atoms with Crippen molar-refractivity contribution in [2.24, 2.45) is 0 Å². The molecule has 0 aromatic heterocycles. The summed E-state index contributed by atoms with van der Waals surface area (Å²) in [4.78, 5) is 11.2. The molecule has 0 aliphatic rings. The molecule has 2 N–H and O–H groups in total. The Kier molecular flexibility index (Phi) is 4.53. The zero-order valence-corrected chi connectivity index (χ0v) is 9.31. The zero-order chi connectivity index (χ0) is 12.8. The first-order valence-corrected chi connectivity index (χ1v) is 4.96. The maximum absolute atomic E-state index is 13.6. The van der Waals surface area contributed by atoms with Gasteiger partial charge in [0, 0.05) is 19.2 Å². The first kappa shape index (κ1) is 13.0. The number of rotatable bonds is 6. The molecule has 1 rings (SSSR count). The van der Waals surface area contributed by atoms with E-state index in [1.54, 1.807) is 7.05 Å². The van der Waals surface area contributed by atoms with Gasteiger partial charge in [0.2, 0.25) is 0 Å². The molecule has 1 aromatic rings. The van der Waals surface area contributed by atoms with E-state index in [2.05, 4.69) is 5.32 Å². The van der Waals surface area contributed by atoms with Gasteiger partial charge in [-0.2, -0.15) is 0 Å². The molecule has 0 bridgehead atoms. The summed E-state index contributed by atoms with van der Waals surface area (Å²) in [5, 5.41) is 20.5. The molecule has 17 heavy (non-hydrogen) atoms. The van der Waals surface area contributed by atoms with Gasteiger partial charge in [0.15, 0.2) is 5.82 Å². The number of hydrogen-bond acceptors (Lipinski definition) is 4. The second-order valence-electron chi connectivity index (χ2n) is 3.32. The molecule has 0 aliphatic carbocycles. The minimum absolute atomic E-state index is 0.154. The molecular formula is C10H13FN4O2. The van der Waals surface area contributed by atoms with Crippen LogP contribution in [0.2, 0.25) is 0 Å². The van der Waals surface area contributed by atoms with Crippen LogP contribution >= 0.6 is 0 Å². The average molecular weight is 240 g/mol. The van der Waals surface area contributed by atoms with Gasteiger partial charge in [-0.05, 0) is 13.1 Å². The monoisotopic (exact) mass is 240 g/mol. The van der Waals surface area contributed by atoms with Gasteiger partial charge in [-0.1, -0.05) is 0 Å². The molecule has 0 fully saturated rings. The predicted molar refractivity (Wildman–Crippen MR) is 63.1 cm³/mol. The van der Waals surface area contributed by atoms with Crippen LogP contribution in [0.15, 0.2) is 18.2 Å². The van der Waals surface area contributed by atoms with Gasteiger partial charge >= 0.3 is 0 Å². The van der Waals surface area contributed by atoms with Crippen LogP contribution in [0, 0.1) is 21.3 Å². The maximum atomic E-state index is 13.6. The van der Waals surface area contributed by atoms with Crippen molar-refractivity contribution in [3.05, 3.63) is 34.1 Å². The van der Waals surface area contributed by atoms with Crippen molar-refractivity contribution in [1.82, 2.24) is 5.32 Å². The Morgan fingerprint density at radius 1 is 1.65 bits per heavy atom. The van der Waals surface area contributed by atoms with Crippen LogP contribution in [0.4, 0.5) is 15.8 Å². The van der Waals surface area contributed by atoms with Gasteiger partial charge in [-0.3, -0.25) is 15.5 Å². The summed E-state index contributed by atoms with van der Waals surface area (Å²) >= 11 is 0. The summed E-state index contributed by atoms with van der Waals surface area (Å²) in [7, 11) is 1.74. The normalized spacial score (nSPS) is 10.0. The summed E-state index contributed by atoms with van der Waals surface area (Å²) in [5.74, 6) is -0.709. The van der Waals surface area contributed by atoms with Crippen LogP contribution in [-0.2, 0) is 0 Å². The first-order valence-electron chi connectivity index (χ1n) is 4.96. The van der Waals surface area contributed by atoms with Crippen LogP contribution in [0.25, 0.3) is 0 Å². The van der Waals surface area contributed by atoms with Crippen LogP contribution in [0.3, 0.4) is 0 Å². The average Bonchev–Trinajstić information content (AvgIpc) is 2.31. The Morgan fingerprint density at radius 3 is 2.82 bits per heavy atom. The quantitative estimate of drug-likeness (QED) is 0.340. The van der Waals surface area contributed by atoms with Crippen molar-refractivity contribution < 1.29 is 9.31 Å². The van der Waals surface area contributed by atoms with Gasteiger partial charge in [0.25, 0.3) is 5.69 Å². The summed E-state index contributed by atoms with van der Waals surface area (Å²) in [5.41, 5.74) is -0.148. The Balaban J connectivity index is 2.96. The van der Waals surface area contributed by atoms with Crippen molar-refractivity contribution in [3.63, 3.8) is 0 Å². The van der Waals surface area contributed by atoms with E-state index in [1.807, 2.05) is 0 Å². The molecule has 0 aliphatic heterocycles. The standard InChI is InChI=1S/C10H13FN4O2/c1-13-4-5-14(7-12)10-3-2-8(15(16)17)6-9(10)11/h2-3,6-7,12-13H,4-5H2,1H3. The van der Waals surface area contributed by atoms with Gasteiger partial charge in [0.05, 0.1) is 23.0 Å². The van der Waals surface area contributed by atoms with Gasteiger partial charge in [-0.15, -0.1) is 0 Å². The van der Waals surface area contributed by atoms with Gasteiger partial charge in [-0.25, -0.2) is 4.39 Å². The van der Waals surface area contributed by atoms with Crippen LogP contribution in [-0.4, -0.2) is 31.4 Å². The Labute approximate surface area is 97.7 Å². The number of benzene rings is 1. The fourth-order valence-electron chi connectivity index (χ4n) is 1.33. The highest BCUT2D eigenvalue weighted by atomic mass is 19.1. The van der Waals surface area contributed by atoms with E-state index in [0.29, 0.717) is 13.1 Å². The van der Waals surface area contributed by atoms with E-state index in [4.69, 9.17) is 5.41 Å². The van der Waals surface area contributed by atoms with E-state index in [0.717, 1.165) is 12.4 Å². The van der Waals surface area contributed by atoms with Gasteiger partial charge < -0.3 is 10.2 Å². The number of anilines is 1. The molecule has 6 nitrogen and oxygen atoms in total. The fraction of sp³-hybridized carbons (Fsp3) is 0.300. The minimum Gasteiger partial charge on any atom is -0.329 e. The predicted octanol–water partition coefficient (Wildman–Crippen LogP) is 1.37. The molecular weight excluding hydrogens is 227 g/mol. The number of non-ortho nitro benzene ring substituents is 1. The summed E-state index contributed by atoms with van der Waals surface area (Å²) in [6.45, 7) is 0.987. The number of nitro benzene ring substituents is 1. The molecule has 0 atom stereocenters. The molecule has 0 saturated heterocycles. The van der Waals surface area contributed by atoms with Crippen molar-refractivity contribution in [3.8, 4) is 0 Å². The van der Waals surface area contributed by atoms with Crippen molar-refractivity contribution in [2.75, 3.05) is 25.0 Å². The van der Waals surface area contributed by atoms with Crippen LogP contribution < -0.4 is 10.2 Å². The molecule has 0 heterocycles. The van der Waals surface area contributed by atoms with Crippen molar-refractivity contribution in [2.45, 2.75) is 0 Å². The number of nitro groups is 1. The second-order valence-corrected chi connectivity index (χ2v) is 3.32. The highest BCUT2D eigenvalue weighted by Crippen LogP contribution is 2.22. The zero-order valence-electron chi connectivity index (χ0n) is 9.31. The van der Waals surface area contributed by atoms with E-state index in [-0.39, 0.29) is 11.4 Å². The smallest absolute Gasteiger partial charge is 0.272 e. The highest BCUT2D eigenvalue weighted by Gasteiger charge is 2.14. The van der Waals surface area contributed by atoms with E-state index in [1.165, 1.54) is 17.0 Å². The topological polar surface area (TPSA) is 82.3 Å². The van der Waals surface area contributed by atoms with Crippen molar-refractivity contribution >= 4 is 17.7 Å². The first-order chi connectivity index (χ1) is 8.10. The van der Waals surface area contributed by atoms with E-state index in [9.17, 15) is 14.5 Å². The lowest BCUT2D eigenvalue weighted by molar-refractivity contribution is -0.385. The Morgan fingerprint density at radius 2 is 2.35 bits per heavy atom. The number of nitrogens with zero attached hydrogens (tertiary/aromatic N) is 2. The maximum Gasteiger partial charge on any atom is 0.272 e. The molecule has 0 amide bonds. The van der Waals surface area contributed by atoms with Crippen molar-refractivity contribution in [1.29, 1.82) is 5.41 Å². The van der Waals surface area contributed by atoms with Gasteiger partial charge in [0.1, 0.15) is 0 Å². The molecule has 0 unspecified atom stereocenters. The highest BCUT2D eigenvalue weighted by molar-refractivity contribution is 5.77. The summed E-state index contributed by atoms with van der Waals surface area (Å²) in [6, 6.07) is 3.37. The summed E-state index contributed by atoms with van der Waals surface area (Å²) < 4.78 is 13.6. The minimum atomic E-state index is -0.709. The fourth-order valence-corrected chi connectivity index (χ4v) is 1.33. The lowest BCUT2D eigenvalue weighted by Crippen LogP contribution is -2.29. The molecule has 1 aromatic carbocycles. The second kappa shape index (κ2) is 5.90. The number of likely N-dealkylation sites (N-methyl/N-ethyl adjacent to an activating group) is 1. The Bertz CT molecular complexity index is 425. The van der Waals surface area contributed by atoms with Crippen LogP contribution in [0.5, 0.6) is 0 Å². The Hall–Kier alpha value is -2.02. The number of hydrogen-bond donors (Lipinski definition) is 2. The molecule has 7 heteroatoms. The van der Waals surface area contributed by atoms with E-state index < -0.39 is 10.7 Å². The lowest BCUT2D eigenvalue weighted by atomic mass is 10.2. The van der Waals surface area contributed by atoms with Crippen LogP contribution in [0.1, 0.15) is 0 Å². The number of nitrogens with one attached hydrogen (secondary N) is 2. The molecule has 0 radical (unpaired) electrons. The lowest BCUT2D eigenvalue weighted by Gasteiger charge is -2.19. The molecule has 0 spiro atoms. The SMILES string of the molecule is CNCCN(C=N)c1ccc([N+](=O)[O-])cc1F. The third kappa shape index (κ3) is 3.22. The largest absolute Gasteiger partial charge is 0.329 e.